The zero-order valence-corrected chi connectivity index (χ0v) is 18.6. The first kappa shape index (κ1) is 22.2. The molecule has 0 radical (unpaired) electrons. The first-order chi connectivity index (χ1) is 15.7. The second-order valence-electron chi connectivity index (χ2n) is 7.36. The molecule has 1 aromatic heterocycles. The maximum absolute atomic E-state index is 13.9. The van der Waals surface area contributed by atoms with Crippen molar-refractivity contribution in [2.75, 3.05) is 12.4 Å². The van der Waals surface area contributed by atoms with Crippen molar-refractivity contribution in [1.82, 2.24) is 4.98 Å². The van der Waals surface area contributed by atoms with E-state index in [1.807, 2.05) is 0 Å². The molecule has 0 aliphatic heterocycles. The van der Waals surface area contributed by atoms with E-state index in [4.69, 9.17) is 10.5 Å². The minimum atomic E-state index is -3.90. The molecule has 3 aromatic carbocycles. The molecule has 9 heteroatoms. The number of amides is 1. The summed E-state index contributed by atoms with van der Waals surface area (Å²) in [7, 11) is -2.57. The normalized spacial score (nSPS) is 11.4. The molecule has 3 N–H and O–H groups in total. The number of nitrogens with one attached hydrogen (secondary N) is 1. The Hall–Kier alpha value is -3.98. The van der Waals surface area contributed by atoms with Gasteiger partial charge in [-0.15, -0.1) is 0 Å². The SMILES string of the molecule is COc1cc(Nc2c(C(N)=O)cnc3c(S(=O)(=O)c4ccccc4)cc(C)cc23)ccc1F. The van der Waals surface area contributed by atoms with E-state index in [0.717, 1.165) is 0 Å². The van der Waals surface area contributed by atoms with Crippen LogP contribution in [-0.4, -0.2) is 26.4 Å². The Morgan fingerprint density at radius 2 is 1.82 bits per heavy atom. The van der Waals surface area contributed by atoms with E-state index in [1.54, 1.807) is 31.2 Å². The molecular formula is C24H20FN3O4S. The van der Waals surface area contributed by atoms with E-state index in [-0.39, 0.29) is 32.3 Å². The Balaban J connectivity index is 1.98. The topological polar surface area (TPSA) is 111 Å². The number of halogens is 1. The lowest BCUT2D eigenvalue weighted by Crippen LogP contribution is -2.15. The number of ether oxygens (including phenoxy) is 1. The molecule has 7 nitrogen and oxygen atoms in total. The van der Waals surface area contributed by atoms with E-state index < -0.39 is 21.6 Å². The molecule has 0 aliphatic rings. The Morgan fingerprint density at radius 3 is 2.48 bits per heavy atom. The van der Waals surface area contributed by atoms with Crippen molar-refractivity contribution in [1.29, 1.82) is 0 Å². The molecule has 0 aliphatic carbocycles. The first-order valence-corrected chi connectivity index (χ1v) is 11.3. The number of aromatic nitrogens is 1. The van der Waals surface area contributed by atoms with Crippen molar-refractivity contribution in [2.45, 2.75) is 16.7 Å². The molecule has 4 aromatic rings. The fourth-order valence-corrected chi connectivity index (χ4v) is 5.07. The average molecular weight is 466 g/mol. The number of pyridine rings is 1. The lowest BCUT2D eigenvalue weighted by atomic mass is 10.1. The number of carbonyl (C=O) groups excluding carboxylic acids is 1. The van der Waals surface area contributed by atoms with Gasteiger partial charge in [-0.2, -0.15) is 0 Å². The van der Waals surface area contributed by atoms with Crippen molar-refractivity contribution in [3.8, 4) is 5.75 Å². The molecule has 0 atom stereocenters. The van der Waals surface area contributed by atoms with E-state index in [9.17, 15) is 17.6 Å². The van der Waals surface area contributed by atoms with Crippen molar-refractivity contribution in [3.05, 3.63) is 83.8 Å². The fraction of sp³-hybridized carbons (Fsp3) is 0.0833. The molecular weight excluding hydrogens is 445 g/mol. The molecule has 168 valence electrons. The minimum Gasteiger partial charge on any atom is -0.494 e. The number of nitrogens with zero attached hydrogens (tertiary/aromatic N) is 1. The number of aryl methyl sites for hydroxylation is 1. The number of carbonyl (C=O) groups is 1. The first-order valence-electron chi connectivity index (χ1n) is 9.86. The van der Waals surface area contributed by atoms with Crippen LogP contribution in [0.2, 0.25) is 0 Å². The number of primary amides is 1. The number of hydrogen-bond donors (Lipinski definition) is 2. The van der Waals surface area contributed by atoms with Crippen LogP contribution in [0.3, 0.4) is 0 Å². The zero-order chi connectivity index (χ0) is 23.8. The number of methoxy groups -OCH3 is 1. The predicted octanol–water partition coefficient (Wildman–Crippen LogP) is 4.37. The quantitative estimate of drug-likeness (QED) is 0.438. The Bertz CT molecular complexity index is 1490. The molecule has 1 heterocycles. The van der Waals surface area contributed by atoms with Crippen LogP contribution in [0.4, 0.5) is 15.8 Å². The van der Waals surface area contributed by atoms with Gasteiger partial charge in [0.25, 0.3) is 5.91 Å². The molecule has 33 heavy (non-hydrogen) atoms. The number of hydrogen-bond acceptors (Lipinski definition) is 6. The molecule has 0 bridgehead atoms. The molecule has 1 amide bonds. The van der Waals surface area contributed by atoms with Crippen molar-refractivity contribution >= 4 is 38.0 Å². The van der Waals surface area contributed by atoms with Gasteiger partial charge in [-0.25, -0.2) is 12.8 Å². The summed E-state index contributed by atoms with van der Waals surface area (Å²) in [6, 6.07) is 15.4. The maximum atomic E-state index is 13.9. The number of rotatable bonds is 6. The van der Waals surface area contributed by atoms with E-state index in [2.05, 4.69) is 10.3 Å². The fourth-order valence-electron chi connectivity index (χ4n) is 3.54. The van der Waals surface area contributed by atoms with Gasteiger partial charge < -0.3 is 15.8 Å². The van der Waals surface area contributed by atoms with Gasteiger partial charge in [0.15, 0.2) is 11.6 Å². The van der Waals surface area contributed by atoms with Crippen LogP contribution in [0.1, 0.15) is 15.9 Å². The van der Waals surface area contributed by atoms with Gasteiger partial charge in [0.2, 0.25) is 9.84 Å². The molecule has 4 rings (SSSR count). The number of sulfone groups is 1. The summed E-state index contributed by atoms with van der Waals surface area (Å²) >= 11 is 0. The summed E-state index contributed by atoms with van der Waals surface area (Å²) in [4.78, 5) is 16.6. The van der Waals surface area contributed by atoms with Crippen LogP contribution in [0.5, 0.6) is 5.75 Å². The monoisotopic (exact) mass is 465 g/mol. The number of fused-ring (bicyclic) bond motifs is 1. The zero-order valence-electron chi connectivity index (χ0n) is 17.8. The largest absolute Gasteiger partial charge is 0.494 e. The van der Waals surface area contributed by atoms with Crippen molar-refractivity contribution < 1.29 is 22.3 Å². The Kier molecular flexibility index (Phi) is 5.73. The van der Waals surface area contributed by atoms with Gasteiger partial charge in [0.05, 0.1) is 33.7 Å². The predicted molar refractivity (Wildman–Crippen MR) is 123 cm³/mol. The average Bonchev–Trinajstić information content (AvgIpc) is 2.80. The van der Waals surface area contributed by atoms with Crippen LogP contribution >= 0.6 is 0 Å². The van der Waals surface area contributed by atoms with E-state index in [0.29, 0.717) is 16.6 Å². The molecule has 0 saturated carbocycles. The summed E-state index contributed by atoms with van der Waals surface area (Å²) < 4.78 is 45.7. The molecule has 0 unspecified atom stereocenters. The highest BCUT2D eigenvalue weighted by Crippen LogP contribution is 2.36. The third-order valence-corrected chi connectivity index (χ3v) is 6.89. The standard InChI is InChI=1S/C24H20FN3O4S/c1-14-10-17-22(28-15-8-9-19(25)20(12-15)32-2)18(24(26)29)13-27-23(17)21(11-14)33(30,31)16-6-4-3-5-7-16/h3-13H,1-2H3,(H2,26,29)(H,27,28). The highest BCUT2D eigenvalue weighted by molar-refractivity contribution is 7.91. The Morgan fingerprint density at radius 1 is 1.09 bits per heavy atom. The summed E-state index contributed by atoms with van der Waals surface area (Å²) in [5.41, 5.74) is 7.11. The van der Waals surface area contributed by atoms with Gasteiger partial charge in [0.1, 0.15) is 0 Å². The summed E-state index contributed by atoms with van der Waals surface area (Å²) in [5.74, 6) is -1.30. The van der Waals surface area contributed by atoms with Crippen LogP contribution in [-0.2, 0) is 9.84 Å². The smallest absolute Gasteiger partial charge is 0.252 e. The Labute approximate surface area is 189 Å². The number of anilines is 2. The van der Waals surface area contributed by atoms with Gasteiger partial charge >= 0.3 is 0 Å². The minimum absolute atomic E-state index is 0.000503. The van der Waals surface area contributed by atoms with Crippen molar-refractivity contribution in [2.24, 2.45) is 5.73 Å². The highest BCUT2D eigenvalue weighted by atomic mass is 32.2. The van der Waals surface area contributed by atoms with Gasteiger partial charge in [0, 0.05) is 23.3 Å². The summed E-state index contributed by atoms with van der Waals surface area (Å²) in [6.07, 6.45) is 1.23. The lowest BCUT2D eigenvalue weighted by molar-refractivity contribution is 0.100. The van der Waals surface area contributed by atoms with E-state index >= 15 is 0 Å². The van der Waals surface area contributed by atoms with E-state index in [1.165, 1.54) is 49.7 Å². The third-order valence-electron chi connectivity index (χ3n) is 5.11. The van der Waals surface area contributed by atoms with Crippen LogP contribution < -0.4 is 15.8 Å². The van der Waals surface area contributed by atoms with Gasteiger partial charge in [-0.05, 0) is 48.9 Å². The second kappa shape index (κ2) is 8.51. The van der Waals surface area contributed by atoms with Crippen LogP contribution in [0.15, 0.2) is 76.7 Å². The maximum Gasteiger partial charge on any atom is 0.252 e. The van der Waals surface area contributed by atoms with Crippen LogP contribution in [0.25, 0.3) is 10.9 Å². The van der Waals surface area contributed by atoms with Gasteiger partial charge in [-0.1, -0.05) is 18.2 Å². The number of nitrogens with two attached hydrogens (primary N) is 1. The number of benzene rings is 3. The molecule has 0 fully saturated rings. The molecule has 0 saturated heterocycles. The second-order valence-corrected chi connectivity index (χ2v) is 9.28. The summed E-state index contributed by atoms with van der Waals surface area (Å²) in [6.45, 7) is 1.74. The summed E-state index contributed by atoms with van der Waals surface area (Å²) in [5, 5.41) is 3.44. The highest BCUT2D eigenvalue weighted by Gasteiger charge is 2.24. The lowest BCUT2D eigenvalue weighted by Gasteiger charge is -2.16. The van der Waals surface area contributed by atoms with Crippen molar-refractivity contribution in [3.63, 3.8) is 0 Å². The van der Waals surface area contributed by atoms with Crippen LogP contribution in [0, 0.1) is 12.7 Å². The molecule has 0 spiro atoms. The third kappa shape index (κ3) is 4.10. The van der Waals surface area contributed by atoms with Gasteiger partial charge in [-0.3, -0.25) is 9.78 Å².